The van der Waals surface area contributed by atoms with Crippen LogP contribution in [0.1, 0.15) is 31.1 Å². The van der Waals surface area contributed by atoms with Gasteiger partial charge in [-0.3, -0.25) is 19.7 Å². The van der Waals surface area contributed by atoms with Crippen molar-refractivity contribution in [2.75, 3.05) is 26.9 Å². The summed E-state index contributed by atoms with van der Waals surface area (Å²) in [5.41, 5.74) is 0.423. The first-order valence-corrected chi connectivity index (χ1v) is 11.6. The molecule has 12 heteroatoms. The smallest absolute Gasteiger partial charge is 0.325 e. The minimum Gasteiger partial charge on any atom is -0.490 e. The number of methoxy groups -OCH3 is 1. The average molecular weight is 504 g/mol. The van der Waals surface area contributed by atoms with Gasteiger partial charge in [0.1, 0.15) is 6.54 Å². The number of hydrogen-bond acceptors (Lipinski definition) is 9. The van der Waals surface area contributed by atoms with E-state index in [0.717, 1.165) is 11.3 Å². The highest BCUT2D eigenvalue weighted by atomic mass is 32.1. The van der Waals surface area contributed by atoms with Gasteiger partial charge < -0.3 is 23.5 Å². The fraction of sp³-hybridized carbons (Fsp3) is 0.348. The Morgan fingerprint density at radius 1 is 1.03 bits per heavy atom. The van der Waals surface area contributed by atoms with Crippen molar-refractivity contribution in [1.29, 1.82) is 0 Å². The van der Waals surface area contributed by atoms with E-state index in [1.165, 1.54) is 35.9 Å². The summed E-state index contributed by atoms with van der Waals surface area (Å²) in [4.78, 5) is 40.4. The first kappa shape index (κ1) is 25.7. The van der Waals surface area contributed by atoms with Crippen molar-refractivity contribution in [2.45, 2.75) is 27.3 Å². The highest BCUT2D eigenvalue weighted by Gasteiger charge is 2.20. The summed E-state index contributed by atoms with van der Waals surface area (Å²) in [6.07, 6.45) is 0. The lowest BCUT2D eigenvalue weighted by Crippen LogP contribution is -2.22. The Kier molecular flexibility index (Phi) is 8.42. The number of carbonyl (C=O) groups excluding carboxylic acids is 2. The van der Waals surface area contributed by atoms with Gasteiger partial charge in [-0.1, -0.05) is 11.3 Å². The van der Waals surface area contributed by atoms with Crippen molar-refractivity contribution in [1.82, 2.24) is 4.57 Å². The molecule has 3 rings (SSSR count). The first-order chi connectivity index (χ1) is 16.8. The summed E-state index contributed by atoms with van der Waals surface area (Å²) in [7, 11) is 1.23. The predicted molar refractivity (Wildman–Crippen MR) is 128 cm³/mol. The van der Waals surface area contributed by atoms with Gasteiger partial charge in [-0.15, -0.1) is 0 Å². The maximum absolute atomic E-state index is 13.2. The molecule has 1 amide bonds. The lowest BCUT2D eigenvalue weighted by atomic mass is 10.1. The van der Waals surface area contributed by atoms with Gasteiger partial charge in [0, 0.05) is 17.7 Å². The van der Waals surface area contributed by atoms with Gasteiger partial charge in [0.15, 0.2) is 16.3 Å². The Morgan fingerprint density at radius 2 is 1.66 bits per heavy atom. The number of benzene rings is 2. The zero-order valence-electron chi connectivity index (χ0n) is 19.7. The second-order valence-electron chi connectivity index (χ2n) is 6.97. The van der Waals surface area contributed by atoms with E-state index in [2.05, 4.69) is 4.99 Å². The number of amides is 1. The lowest BCUT2D eigenvalue weighted by molar-refractivity contribution is -0.384. The molecule has 1 heterocycles. The monoisotopic (exact) mass is 503 g/mol. The SMILES string of the molecule is CCOc1cc(C(=O)N=c2sc3ccc([N+](=O)[O-])cc3n2CC(=O)OC)cc(OCC)c1OCC. The molecule has 11 nitrogen and oxygen atoms in total. The van der Waals surface area contributed by atoms with Crippen LogP contribution in [0.25, 0.3) is 10.2 Å². The predicted octanol–water partition coefficient (Wildman–Crippen LogP) is 3.72. The second-order valence-corrected chi connectivity index (χ2v) is 7.98. The normalized spacial score (nSPS) is 11.4. The molecular formula is C23H25N3O8S. The quantitative estimate of drug-likeness (QED) is 0.232. The molecule has 0 aliphatic heterocycles. The minimum absolute atomic E-state index is 0.152. The van der Waals surface area contributed by atoms with E-state index in [-0.39, 0.29) is 22.6 Å². The molecule has 0 atom stereocenters. The maximum atomic E-state index is 13.2. The summed E-state index contributed by atoms with van der Waals surface area (Å²) < 4.78 is 23.8. The van der Waals surface area contributed by atoms with Gasteiger partial charge in [-0.2, -0.15) is 4.99 Å². The van der Waals surface area contributed by atoms with Crippen molar-refractivity contribution in [3.05, 3.63) is 50.8 Å². The Bertz CT molecular complexity index is 1300. The highest BCUT2D eigenvalue weighted by molar-refractivity contribution is 7.16. The second kappa shape index (κ2) is 11.5. The minimum atomic E-state index is -0.616. The van der Waals surface area contributed by atoms with E-state index >= 15 is 0 Å². The van der Waals surface area contributed by atoms with Crippen LogP contribution in [-0.4, -0.2) is 48.3 Å². The van der Waals surface area contributed by atoms with Crippen molar-refractivity contribution in [2.24, 2.45) is 4.99 Å². The summed E-state index contributed by atoms with van der Waals surface area (Å²) in [6.45, 7) is 6.22. The van der Waals surface area contributed by atoms with E-state index in [0.29, 0.717) is 47.3 Å². The van der Waals surface area contributed by atoms with Gasteiger partial charge in [0.25, 0.3) is 11.6 Å². The van der Waals surface area contributed by atoms with Crippen LogP contribution in [0.5, 0.6) is 17.2 Å². The fourth-order valence-electron chi connectivity index (χ4n) is 3.27. The van der Waals surface area contributed by atoms with E-state index in [9.17, 15) is 19.7 Å². The molecule has 1 aromatic heterocycles. The molecule has 0 aliphatic carbocycles. The van der Waals surface area contributed by atoms with Crippen LogP contribution in [0.15, 0.2) is 35.3 Å². The molecule has 3 aromatic rings. The van der Waals surface area contributed by atoms with Crippen LogP contribution in [0.2, 0.25) is 0 Å². The van der Waals surface area contributed by atoms with Gasteiger partial charge >= 0.3 is 5.97 Å². The topological polar surface area (TPSA) is 131 Å². The molecule has 0 fully saturated rings. The van der Waals surface area contributed by atoms with Crippen LogP contribution in [0, 0.1) is 10.1 Å². The zero-order valence-corrected chi connectivity index (χ0v) is 20.5. The summed E-state index contributed by atoms with van der Waals surface area (Å²) in [6, 6.07) is 7.27. The number of fused-ring (bicyclic) bond motifs is 1. The third-order valence-electron chi connectivity index (χ3n) is 4.74. The van der Waals surface area contributed by atoms with Crippen molar-refractivity contribution < 1.29 is 33.5 Å². The summed E-state index contributed by atoms with van der Waals surface area (Å²) >= 11 is 1.12. The molecule has 186 valence electrons. The number of nitro benzene ring substituents is 1. The Balaban J connectivity index is 2.17. The van der Waals surface area contributed by atoms with Gasteiger partial charge in [0.05, 0.1) is 42.1 Å². The third-order valence-corrected chi connectivity index (χ3v) is 5.80. The standard InChI is InChI=1S/C23H25N3O8S/c1-5-32-17-10-14(11-18(33-6-2)21(17)34-7-3)22(28)24-23-25(13-20(27)31-4)16-12-15(26(29)30)8-9-19(16)35-23/h8-12H,5-7,13H2,1-4H3. The van der Waals surface area contributed by atoms with Gasteiger partial charge in [0.2, 0.25) is 5.75 Å². The van der Waals surface area contributed by atoms with Crippen LogP contribution >= 0.6 is 11.3 Å². The van der Waals surface area contributed by atoms with E-state index in [4.69, 9.17) is 18.9 Å². The largest absolute Gasteiger partial charge is 0.490 e. The maximum Gasteiger partial charge on any atom is 0.325 e. The molecule has 0 saturated heterocycles. The number of carbonyl (C=O) groups is 2. The molecule has 0 radical (unpaired) electrons. The van der Waals surface area contributed by atoms with E-state index in [1.807, 2.05) is 6.92 Å². The molecule has 2 aromatic carbocycles. The van der Waals surface area contributed by atoms with Crippen LogP contribution in [0.3, 0.4) is 0 Å². The molecule has 35 heavy (non-hydrogen) atoms. The van der Waals surface area contributed by atoms with Gasteiger partial charge in [-0.05, 0) is 39.0 Å². The number of thiazole rings is 1. The third kappa shape index (κ3) is 5.77. The first-order valence-electron chi connectivity index (χ1n) is 10.8. The van der Waals surface area contributed by atoms with Crippen molar-refractivity contribution in [3.8, 4) is 17.2 Å². The summed E-state index contributed by atoms with van der Waals surface area (Å²) in [5, 5.41) is 11.2. The van der Waals surface area contributed by atoms with Crippen LogP contribution < -0.4 is 19.0 Å². The fourth-order valence-corrected chi connectivity index (χ4v) is 4.27. The number of ether oxygens (including phenoxy) is 4. The molecule has 0 N–H and O–H groups in total. The molecule has 0 aliphatic rings. The Hall–Kier alpha value is -3.93. The molecule has 0 spiro atoms. The van der Waals surface area contributed by atoms with E-state index < -0.39 is 16.8 Å². The van der Waals surface area contributed by atoms with Crippen LogP contribution in [-0.2, 0) is 16.1 Å². The number of aromatic nitrogens is 1. The zero-order chi connectivity index (χ0) is 25.5. The average Bonchev–Trinajstić information content (AvgIpc) is 3.16. The molecule has 0 unspecified atom stereocenters. The number of nitrogens with zero attached hydrogens (tertiary/aromatic N) is 3. The highest BCUT2D eigenvalue weighted by Crippen LogP contribution is 2.39. The van der Waals surface area contributed by atoms with Crippen molar-refractivity contribution >= 4 is 39.1 Å². The number of hydrogen-bond donors (Lipinski definition) is 0. The Morgan fingerprint density at radius 3 is 2.20 bits per heavy atom. The number of non-ortho nitro benzene ring substituents is 1. The van der Waals surface area contributed by atoms with Gasteiger partial charge in [-0.25, -0.2) is 0 Å². The molecular weight excluding hydrogens is 478 g/mol. The lowest BCUT2D eigenvalue weighted by Gasteiger charge is -2.16. The Labute approximate surface area is 204 Å². The van der Waals surface area contributed by atoms with E-state index in [1.54, 1.807) is 19.9 Å². The molecule has 0 bridgehead atoms. The number of esters is 1. The summed E-state index contributed by atoms with van der Waals surface area (Å²) in [5.74, 6) is -0.137. The number of rotatable bonds is 10. The molecule has 0 saturated carbocycles. The van der Waals surface area contributed by atoms with Crippen molar-refractivity contribution in [3.63, 3.8) is 0 Å². The number of nitro groups is 1. The van der Waals surface area contributed by atoms with Crippen LogP contribution in [0.4, 0.5) is 5.69 Å².